The highest BCUT2D eigenvalue weighted by atomic mass is 19.4. The maximum Gasteiger partial charge on any atom is 0.408 e. The summed E-state index contributed by atoms with van der Waals surface area (Å²) in [6, 6.07) is 5.26. The Balaban J connectivity index is 1.28. The van der Waals surface area contributed by atoms with Gasteiger partial charge in [0.1, 0.15) is 18.3 Å². The highest BCUT2D eigenvalue weighted by molar-refractivity contribution is 6.10. The molecule has 38 heavy (non-hydrogen) atoms. The molecule has 11 heteroatoms. The minimum atomic E-state index is -4.57. The summed E-state index contributed by atoms with van der Waals surface area (Å²) < 4.78 is 46.4. The number of anilines is 1. The van der Waals surface area contributed by atoms with E-state index in [4.69, 9.17) is 4.74 Å². The maximum atomic E-state index is 13.8. The lowest BCUT2D eigenvalue weighted by Gasteiger charge is -2.37. The van der Waals surface area contributed by atoms with Crippen molar-refractivity contribution in [1.29, 1.82) is 0 Å². The van der Waals surface area contributed by atoms with E-state index in [2.05, 4.69) is 21.2 Å². The molecule has 4 aliphatic rings. The molecule has 3 aliphatic heterocycles. The fourth-order valence-electron chi connectivity index (χ4n) is 5.82. The first-order valence-corrected chi connectivity index (χ1v) is 12.9. The van der Waals surface area contributed by atoms with Crippen molar-refractivity contribution in [3.8, 4) is 0 Å². The van der Waals surface area contributed by atoms with Gasteiger partial charge in [-0.25, -0.2) is 5.43 Å². The molecule has 2 amide bonds. The van der Waals surface area contributed by atoms with Gasteiger partial charge >= 0.3 is 6.18 Å². The highest BCUT2D eigenvalue weighted by Gasteiger charge is 2.53. The van der Waals surface area contributed by atoms with E-state index < -0.39 is 41.7 Å². The van der Waals surface area contributed by atoms with Crippen LogP contribution in [0.4, 0.5) is 18.9 Å². The van der Waals surface area contributed by atoms with Gasteiger partial charge in [0.2, 0.25) is 11.8 Å². The summed E-state index contributed by atoms with van der Waals surface area (Å²) >= 11 is 0. The Morgan fingerprint density at radius 1 is 1.26 bits per heavy atom. The van der Waals surface area contributed by atoms with Gasteiger partial charge in [0, 0.05) is 17.5 Å². The van der Waals surface area contributed by atoms with E-state index in [0.29, 0.717) is 37.1 Å². The number of hydrogen-bond acceptors (Lipinski definition) is 6. The third kappa shape index (κ3) is 4.57. The number of benzene rings is 1. The van der Waals surface area contributed by atoms with Crippen molar-refractivity contribution in [2.75, 3.05) is 11.4 Å². The summed E-state index contributed by atoms with van der Waals surface area (Å²) in [4.78, 5) is 32.4. The number of para-hydroxylation sites is 1. The van der Waals surface area contributed by atoms with Gasteiger partial charge in [0.05, 0.1) is 17.7 Å². The average molecular weight is 532 g/mol. The number of dihydropyridines is 1. The monoisotopic (exact) mass is 531 g/mol. The smallest absolute Gasteiger partial charge is 0.408 e. The third-order valence-corrected chi connectivity index (χ3v) is 7.94. The first-order valence-electron chi connectivity index (χ1n) is 12.9. The molecule has 1 saturated carbocycles. The number of hydrogen-bond donors (Lipinski definition) is 3. The minimum absolute atomic E-state index is 0.110. The Bertz CT molecular complexity index is 1220. The van der Waals surface area contributed by atoms with E-state index in [9.17, 15) is 22.8 Å². The van der Waals surface area contributed by atoms with Crippen LogP contribution in [-0.2, 0) is 19.7 Å². The van der Waals surface area contributed by atoms with Gasteiger partial charge in [-0.05, 0) is 56.2 Å². The zero-order chi connectivity index (χ0) is 27.3. The van der Waals surface area contributed by atoms with Crippen LogP contribution in [0.3, 0.4) is 0 Å². The van der Waals surface area contributed by atoms with Crippen molar-refractivity contribution in [3.63, 3.8) is 0 Å². The second kappa shape index (κ2) is 9.44. The van der Waals surface area contributed by atoms with Crippen LogP contribution in [0, 0.1) is 5.92 Å². The predicted octanol–water partition coefficient (Wildman–Crippen LogP) is 3.61. The molecule has 2 unspecified atom stereocenters. The summed E-state index contributed by atoms with van der Waals surface area (Å²) in [5.74, 6) is -1.26. The van der Waals surface area contributed by atoms with Crippen LogP contribution < -0.4 is 21.1 Å². The molecule has 1 fully saturated rings. The Morgan fingerprint density at radius 3 is 2.66 bits per heavy atom. The molecular weight excluding hydrogens is 499 g/mol. The first-order chi connectivity index (χ1) is 17.9. The molecule has 1 aromatic carbocycles. The zero-order valence-electron chi connectivity index (χ0n) is 21.6. The highest BCUT2D eigenvalue weighted by Crippen LogP contribution is 2.50. The molecule has 0 aromatic heterocycles. The number of aliphatic imine (C=N–C) groups is 1. The molecular formula is C27H32F3N5O3. The fraction of sp³-hybridized carbons (Fsp3) is 0.519. The van der Waals surface area contributed by atoms with E-state index in [1.165, 1.54) is 18.7 Å². The molecule has 1 spiro atoms. The SMILES string of the molecule is CC(C)C(NC(=O)CN1C(=O)C2(CCC(OC3=CC4=CNNC4(C)N=C3)CC2)c2ccccc21)C(F)(F)F. The molecule has 1 aliphatic carbocycles. The number of amides is 2. The average Bonchev–Trinajstić information content (AvgIpc) is 3.35. The van der Waals surface area contributed by atoms with E-state index in [1.807, 2.05) is 31.3 Å². The van der Waals surface area contributed by atoms with E-state index >= 15 is 0 Å². The number of alkyl halides is 3. The number of carbonyl (C=O) groups excluding carboxylic acids is 2. The summed E-state index contributed by atoms with van der Waals surface area (Å²) in [5.41, 5.74) is 7.05. The predicted molar refractivity (Wildman–Crippen MR) is 136 cm³/mol. The largest absolute Gasteiger partial charge is 0.489 e. The molecule has 3 N–H and O–H groups in total. The molecule has 204 valence electrons. The lowest BCUT2D eigenvalue weighted by molar-refractivity contribution is -0.169. The van der Waals surface area contributed by atoms with Gasteiger partial charge in [-0.3, -0.25) is 14.6 Å². The summed E-state index contributed by atoms with van der Waals surface area (Å²) in [5, 5.41) is 2.09. The van der Waals surface area contributed by atoms with Gasteiger partial charge in [0.15, 0.2) is 5.66 Å². The number of allylic oxidation sites excluding steroid dienone is 1. The second-order valence-corrected chi connectivity index (χ2v) is 10.9. The summed E-state index contributed by atoms with van der Waals surface area (Å²) in [6.45, 7) is 4.29. The first kappa shape index (κ1) is 26.3. The molecule has 0 bridgehead atoms. The molecule has 1 aromatic rings. The third-order valence-electron chi connectivity index (χ3n) is 7.94. The van der Waals surface area contributed by atoms with Crippen molar-refractivity contribution in [1.82, 2.24) is 16.2 Å². The fourth-order valence-corrected chi connectivity index (χ4v) is 5.82. The lowest BCUT2D eigenvalue weighted by Crippen LogP contribution is -2.53. The van der Waals surface area contributed by atoms with Crippen LogP contribution in [-0.4, -0.2) is 48.6 Å². The van der Waals surface area contributed by atoms with Crippen molar-refractivity contribution < 1.29 is 27.5 Å². The van der Waals surface area contributed by atoms with Crippen LogP contribution in [0.15, 0.2) is 52.9 Å². The molecule has 0 saturated heterocycles. The number of carbonyl (C=O) groups is 2. The number of halogens is 3. The molecule has 3 heterocycles. The number of nitrogens with one attached hydrogen (secondary N) is 3. The number of fused-ring (bicyclic) bond motifs is 3. The Kier molecular flexibility index (Phi) is 6.53. The van der Waals surface area contributed by atoms with Gasteiger partial charge in [0.25, 0.3) is 0 Å². The second-order valence-electron chi connectivity index (χ2n) is 10.9. The van der Waals surface area contributed by atoms with Crippen molar-refractivity contribution >= 4 is 23.7 Å². The van der Waals surface area contributed by atoms with Crippen LogP contribution in [0.5, 0.6) is 0 Å². The summed E-state index contributed by atoms with van der Waals surface area (Å²) in [7, 11) is 0. The van der Waals surface area contributed by atoms with Crippen molar-refractivity contribution in [2.45, 2.75) is 75.9 Å². The van der Waals surface area contributed by atoms with Crippen molar-refractivity contribution in [3.05, 3.63) is 53.4 Å². The van der Waals surface area contributed by atoms with Gasteiger partial charge < -0.3 is 20.4 Å². The number of nitrogens with zero attached hydrogens (tertiary/aromatic N) is 2. The Hall–Kier alpha value is -3.34. The quantitative estimate of drug-likeness (QED) is 0.522. The Morgan fingerprint density at radius 2 is 1.97 bits per heavy atom. The van der Waals surface area contributed by atoms with Crippen LogP contribution >= 0.6 is 0 Å². The molecule has 8 nitrogen and oxygen atoms in total. The van der Waals surface area contributed by atoms with Crippen LogP contribution in [0.2, 0.25) is 0 Å². The minimum Gasteiger partial charge on any atom is -0.489 e. The number of hydrazine groups is 1. The normalized spacial score (nSPS) is 29.0. The Labute approximate surface area is 219 Å². The van der Waals surface area contributed by atoms with Gasteiger partial charge in [-0.2, -0.15) is 13.2 Å². The molecule has 5 rings (SSSR count). The topological polar surface area (TPSA) is 95.1 Å². The van der Waals surface area contributed by atoms with Gasteiger partial charge in [-0.1, -0.05) is 32.0 Å². The lowest BCUT2D eigenvalue weighted by atomic mass is 9.69. The van der Waals surface area contributed by atoms with Gasteiger partial charge in [-0.15, -0.1) is 0 Å². The standard InChI is InChI=1S/C27H32F3N5O3/c1-16(2)23(27(28,29)30)33-22(36)15-35-21-7-5-4-6-20(21)26(24(35)37)10-8-18(9-11-26)38-19-12-17-13-32-34-25(17,3)31-14-19/h4-7,12-14,16,18,23,32,34H,8-11,15H2,1-3H3,(H,33,36). The van der Waals surface area contributed by atoms with E-state index in [1.54, 1.807) is 18.3 Å². The van der Waals surface area contributed by atoms with Crippen LogP contribution in [0.1, 0.15) is 52.0 Å². The number of ether oxygens (including phenoxy) is 1. The van der Waals surface area contributed by atoms with Crippen molar-refractivity contribution in [2.24, 2.45) is 10.9 Å². The van der Waals surface area contributed by atoms with Crippen LogP contribution in [0.25, 0.3) is 0 Å². The van der Waals surface area contributed by atoms with E-state index in [0.717, 1.165) is 11.1 Å². The molecule has 0 radical (unpaired) electrons. The molecule has 2 atom stereocenters. The van der Waals surface area contributed by atoms with E-state index in [-0.39, 0.29) is 12.0 Å². The summed E-state index contributed by atoms with van der Waals surface area (Å²) in [6.07, 6.45) is 3.04. The maximum absolute atomic E-state index is 13.8. The zero-order valence-corrected chi connectivity index (χ0v) is 21.6. The number of rotatable bonds is 6.